The molecule has 0 radical (unpaired) electrons. The van der Waals surface area contributed by atoms with Crippen LogP contribution < -0.4 is 10.5 Å². The van der Waals surface area contributed by atoms with E-state index in [4.69, 9.17) is 20.4 Å². The fourth-order valence-electron chi connectivity index (χ4n) is 9.34. The summed E-state index contributed by atoms with van der Waals surface area (Å²) in [6.45, 7) is 4.48. The van der Waals surface area contributed by atoms with Crippen LogP contribution in [0.5, 0.6) is 5.75 Å². The molecular formula is C38H43N7O2. The van der Waals surface area contributed by atoms with Crippen molar-refractivity contribution in [3.05, 3.63) is 77.5 Å². The molecule has 9 nitrogen and oxygen atoms in total. The first kappa shape index (κ1) is 29.0. The van der Waals surface area contributed by atoms with Gasteiger partial charge in [-0.1, -0.05) is 30.7 Å². The van der Waals surface area contributed by atoms with Gasteiger partial charge in [-0.3, -0.25) is 4.79 Å². The monoisotopic (exact) mass is 629 g/mol. The number of hydrogen-bond acceptors (Lipinski definition) is 6. The molecule has 3 fully saturated rings. The third-order valence-corrected chi connectivity index (χ3v) is 11.6. The first-order valence-corrected chi connectivity index (χ1v) is 17.3. The van der Waals surface area contributed by atoms with Crippen molar-refractivity contribution in [2.24, 2.45) is 17.6 Å². The number of aryl methyl sites for hydroxylation is 1. The highest BCUT2D eigenvalue weighted by Crippen LogP contribution is 2.41. The number of nitrogens with zero attached hydrogens (tertiary/aromatic N) is 6. The molecule has 242 valence electrons. The normalized spacial score (nSPS) is 25.9. The second-order valence-corrected chi connectivity index (χ2v) is 14.4. The number of pyridine rings is 1. The number of carbonyl (C=O) groups is 1. The van der Waals surface area contributed by atoms with Gasteiger partial charge in [0.25, 0.3) is 5.91 Å². The van der Waals surface area contributed by atoms with E-state index in [-0.39, 0.29) is 18.0 Å². The highest BCUT2D eigenvalue weighted by molar-refractivity contribution is 6.00. The number of imidazole rings is 1. The van der Waals surface area contributed by atoms with Gasteiger partial charge in [-0.25, -0.2) is 9.97 Å². The molecule has 9 rings (SSSR count). The average Bonchev–Trinajstić information content (AvgIpc) is 3.90. The van der Waals surface area contributed by atoms with E-state index in [0.717, 1.165) is 79.0 Å². The number of amides is 1. The molecule has 5 aromatic rings. The minimum atomic E-state index is 0.0180. The summed E-state index contributed by atoms with van der Waals surface area (Å²) in [5.41, 5.74) is 13.5. The van der Waals surface area contributed by atoms with Crippen molar-refractivity contribution < 1.29 is 9.53 Å². The Morgan fingerprint density at radius 1 is 0.957 bits per heavy atom. The molecule has 1 aliphatic carbocycles. The number of methoxy groups -OCH3 is 1. The molecule has 47 heavy (non-hydrogen) atoms. The number of hydrogen-bond donors (Lipinski definition) is 1. The summed E-state index contributed by atoms with van der Waals surface area (Å²) in [4.78, 5) is 28.6. The highest BCUT2D eigenvalue weighted by Gasteiger charge is 2.47. The third-order valence-electron chi connectivity index (χ3n) is 11.6. The zero-order chi connectivity index (χ0) is 31.8. The van der Waals surface area contributed by atoms with Gasteiger partial charge in [-0.05, 0) is 86.0 Å². The first-order chi connectivity index (χ1) is 23.0. The Bertz CT molecular complexity index is 2010. The van der Waals surface area contributed by atoms with Crippen molar-refractivity contribution in [1.29, 1.82) is 0 Å². The number of fused-ring (bicyclic) bond motifs is 13. The van der Waals surface area contributed by atoms with Crippen LogP contribution in [0.1, 0.15) is 59.5 Å². The van der Waals surface area contributed by atoms with E-state index in [2.05, 4.69) is 57.5 Å². The summed E-state index contributed by atoms with van der Waals surface area (Å²) < 4.78 is 10.7. The van der Waals surface area contributed by atoms with Crippen molar-refractivity contribution in [1.82, 2.24) is 28.9 Å². The van der Waals surface area contributed by atoms with Gasteiger partial charge in [-0.2, -0.15) is 0 Å². The molecule has 2 N–H and O–H groups in total. The van der Waals surface area contributed by atoms with Gasteiger partial charge in [0, 0.05) is 67.9 Å². The first-order valence-electron chi connectivity index (χ1n) is 17.3. The molecule has 4 bridgehead atoms. The maximum atomic E-state index is 14.0. The van der Waals surface area contributed by atoms with Crippen LogP contribution in [0.15, 0.2) is 60.8 Å². The molecule has 5 atom stereocenters. The molecule has 9 heteroatoms. The Morgan fingerprint density at radius 3 is 2.70 bits per heavy atom. The van der Waals surface area contributed by atoms with Crippen LogP contribution in [0, 0.1) is 11.8 Å². The Labute approximate surface area is 275 Å². The highest BCUT2D eigenvalue weighted by atomic mass is 16.5. The molecule has 0 unspecified atom stereocenters. The Hall–Kier alpha value is -4.21. The summed E-state index contributed by atoms with van der Waals surface area (Å²) >= 11 is 0. The standard InChI is InChI=1S/C38H43N7O2/c1-42-20-26-8-3-4-14-43-32(17-25-10-6-13-40-36(25)43)37-41-30-16-28(38(46)44-21-27-11-12-31(44)34(27)39)18-33(47-2)35(30)45(37)19-23-7-5-9-24(15-23)29(26)22-42/h5-7,9-10,13,15-18,26-27,29,31,34H,3-4,8,11-12,14,19-22,39H2,1-2H3/t26-,27+,29-,31+,34+/m0/s1. The number of likely N-dealkylation sites (N-methyl/N-ethyl adjacent to an activating group) is 1. The molecule has 4 aliphatic rings. The fraction of sp³-hybridized carbons (Fsp3) is 0.447. The molecule has 2 saturated heterocycles. The second-order valence-electron chi connectivity index (χ2n) is 14.4. The molecule has 0 spiro atoms. The summed E-state index contributed by atoms with van der Waals surface area (Å²) in [6, 6.07) is 19.6. The molecule has 1 amide bonds. The topological polar surface area (TPSA) is 94.4 Å². The summed E-state index contributed by atoms with van der Waals surface area (Å²) in [5.74, 6) is 3.12. The quantitative estimate of drug-likeness (QED) is 0.277. The van der Waals surface area contributed by atoms with E-state index in [9.17, 15) is 4.79 Å². The van der Waals surface area contributed by atoms with Crippen LogP contribution in [0.25, 0.3) is 33.6 Å². The van der Waals surface area contributed by atoms with E-state index in [0.29, 0.717) is 35.6 Å². The molecular weight excluding hydrogens is 586 g/mol. The lowest BCUT2D eigenvalue weighted by Gasteiger charge is -2.27. The van der Waals surface area contributed by atoms with Crippen molar-refractivity contribution in [2.75, 3.05) is 33.8 Å². The van der Waals surface area contributed by atoms with Crippen LogP contribution in [0.2, 0.25) is 0 Å². The molecule has 6 heterocycles. The largest absolute Gasteiger partial charge is 0.494 e. The van der Waals surface area contributed by atoms with Crippen LogP contribution in [0.3, 0.4) is 0 Å². The van der Waals surface area contributed by atoms with Gasteiger partial charge in [0.15, 0.2) is 5.82 Å². The minimum Gasteiger partial charge on any atom is -0.494 e. The smallest absolute Gasteiger partial charge is 0.254 e. The Balaban J connectivity index is 1.23. The van der Waals surface area contributed by atoms with Gasteiger partial charge < -0.3 is 29.4 Å². The maximum absolute atomic E-state index is 14.0. The van der Waals surface area contributed by atoms with Gasteiger partial charge in [0.2, 0.25) is 0 Å². The minimum absolute atomic E-state index is 0.0180. The van der Waals surface area contributed by atoms with E-state index >= 15 is 0 Å². The van der Waals surface area contributed by atoms with E-state index in [1.165, 1.54) is 24.0 Å². The molecule has 2 aromatic carbocycles. The summed E-state index contributed by atoms with van der Waals surface area (Å²) in [5, 5.41) is 1.10. The predicted molar refractivity (Wildman–Crippen MR) is 184 cm³/mol. The number of rotatable bonds is 2. The molecule has 3 aromatic heterocycles. The van der Waals surface area contributed by atoms with Gasteiger partial charge in [0.1, 0.15) is 16.9 Å². The van der Waals surface area contributed by atoms with E-state index in [1.807, 2.05) is 29.3 Å². The lowest BCUT2D eigenvalue weighted by Crippen LogP contribution is -2.41. The van der Waals surface area contributed by atoms with Crippen molar-refractivity contribution in [2.45, 2.75) is 63.2 Å². The predicted octanol–water partition coefficient (Wildman–Crippen LogP) is 5.50. The zero-order valence-corrected chi connectivity index (χ0v) is 27.3. The third kappa shape index (κ3) is 4.69. The Kier molecular flexibility index (Phi) is 6.90. The number of aromatic nitrogens is 4. The number of piperidine rings is 1. The van der Waals surface area contributed by atoms with Gasteiger partial charge in [-0.15, -0.1) is 0 Å². The summed E-state index contributed by atoms with van der Waals surface area (Å²) in [7, 11) is 3.95. The SMILES string of the molecule is COc1cc(C(=O)N2C[C@H]3CC[C@@H]2[C@@H]3N)cc2nc3n(c12)Cc1cccc(c1)[C@@H]1CN(C)C[C@@H]1CCCCn1c-3cc2cccnc21. The van der Waals surface area contributed by atoms with E-state index < -0.39 is 0 Å². The lowest BCUT2D eigenvalue weighted by molar-refractivity contribution is 0.0700. The van der Waals surface area contributed by atoms with Crippen LogP contribution in [-0.4, -0.2) is 80.7 Å². The van der Waals surface area contributed by atoms with Gasteiger partial charge in [0.05, 0.1) is 18.3 Å². The van der Waals surface area contributed by atoms with Crippen molar-refractivity contribution >= 4 is 28.0 Å². The lowest BCUT2D eigenvalue weighted by atomic mass is 9.85. The van der Waals surface area contributed by atoms with Gasteiger partial charge >= 0.3 is 0 Å². The number of carbonyl (C=O) groups excluding carboxylic acids is 1. The van der Waals surface area contributed by atoms with Crippen molar-refractivity contribution in [3.63, 3.8) is 0 Å². The number of likely N-dealkylation sites (tertiary alicyclic amines) is 2. The zero-order valence-electron chi connectivity index (χ0n) is 27.3. The number of ether oxygens (including phenoxy) is 1. The Morgan fingerprint density at radius 2 is 1.87 bits per heavy atom. The van der Waals surface area contributed by atoms with Crippen molar-refractivity contribution in [3.8, 4) is 17.3 Å². The van der Waals surface area contributed by atoms with E-state index in [1.54, 1.807) is 7.11 Å². The fourth-order valence-corrected chi connectivity index (χ4v) is 9.34. The van der Waals surface area contributed by atoms with Crippen LogP contribution in [0.4, 0.5) is 0 Å². The average molecular weight is 630 g/mol. The number of nitrogens with two attached hydrogens (primary N) is 1. The van der Waals surface area contributed by atoms with Crippen LogP contribution >= 0.6 is 0 Å². The second kappa shape index (κ2) is 11.2. The van der Waals surface area contributed by atoms with Crippen LogP contribution in [-0.2, 0) is 13.1 Å². The maximum Gasteiger partial charge on any atom is 0.254 e. The summed E-state index contributed by atoms with van der Waals surface area (Å²) in [6.07, 6.45) is 7.42. The molecule has 1 saturated carbocycles. The number of benzene rings is 2. The molecule has 3 aliphatic heterocycles.